The minimum atomic E-state index is -0.523. The molecule has 26 heavy (non-hydrogen) atoms. The van der Waals surface area contributed by atoms with Crippen molar-refractivity contribution in [2.24, 2.45) is 0 Å². The van der Waals surface area contributed by atoms with Gasteiger partial charge >= 0.3 is 5.97 Å². The quantitative estimate of drug-likeness (QED) is 0.768. The molecule has 1 aliphatic rings. The number of anilines is 1. The van der Waals surface area contributed by atoms with Crippen LogP contribution in [0.2, 0.25) is 10.0 Å². The second kappa shape index (κ2) is 7.29. The van der Waals surface area contributed by atoms with Gasteiger partial charge in [-0.25, -0.2) is 9.78 Å². The van der Waals surface area contributed by atoms with Crippen LogP contribution in [-0.4, -0.2) is 28.0 Å². The number of amides is 1. The van der Waals surface area contributed by atoms with E-state index in [9.17, 15) is 9.59 Å². The van der Waals surface area contributed by atoms with E-state index < -0.39 is 18.5 Å². The summed E-state index contributed by atoms with van der Waals surface area (Å²) in [6, 6.07) is 3.77. The molecule has 1 saturated carbocycles. The Morgan fingerprint density at radius 3 is 2.58 bits per heavy atom. The molecule has 0 radical (unpaired) electrons. The minimum Gasteiger partial charge on any atom is -0.452 e. The number of esters is 1. The number of pyridine rings is 1. The molecule has 0 aliphatic heterocycles. The first-order valence-corrected chi connectivity index (χ1v) is 9.01. The number of carbonyl (C=O) groups excluding carboxylic acids is 2. The minimum absolute atomic E-state index is 0.182. The van der Waals surface area contributed by atoms with E-state index in [2.05, 4.69) is 14.9 Å². The summed E-state index contributed by atoms with van der Waals surface area (Å²) in [4.78, 5) is 28.5. The monoisotopic (exact) mass is 395 g/mol. The first-order valence-electron chi connectivity index (χ1n) is 8.26. The summed E-state index contributed by atoms with van der Waals surface area (Å²) >= 11 is 11.9. The van der Waals surface area contributed by atoms with Crippen molar-refractivity contribution >= 4 is 40.9 Å². The van der Waals surface area contributed by atoms with Crippen LogP contribution in [0.5, 0.6) is 0 Å². The predicted molar refractivity (Wildman–Crippen MR) is 100 cm³/mol. The highest BCUT2D eigenvalue weighted by molar-refractivity contribution is 6.36. The molecule has 0 saturated heterocycles. The van der Waals surface area contributed by atoms with Crippen LogP contribution in [0.1, 0.15) is 46.3 Å². The number of aromatic nitrogens is 2. The zero-order valence-electron chi connectivity index (χ0n) is 14.7. The van der Waals surface area contributed by atoms with Gasteiger partial charge in [-0.05, 0) is 45.7 Å². The van der Waals surface area contributed by atoms with Crippen molar-refractivity contribution in [3.8, 4) is 0 Å². The average Bonchev–Trinajstić information content (AvgIpc) is 3.35. The second-order valence-corrected chi connectivity index (χ2v) is 7.21. The van der Waals surface area contributed by atoms with Crippen LogP contribution in [0, 0.1) is 20.8 Å². The summed E-state index contributed by atoms with van der Waals surface area (Å²) < 4.78 is 7.29. The molecule has 0 bridgehead atoms. The van der Waals surface area contributed by atoms with Gasteiger partial charge in [0.05, 0.1) is 21.3 Å². The summed E-state index contributed by atoms with van der Waals surface area (Å²) in [7, 11) is 0. The second-order valence-electron chi connectivity index (χ2n) is 6.40. The van der Waals surface area contributed by atoms with Gasteiger partial charge in [0, 0.05) is 17.4 Å². The summed E-state index contributed by atoms with van der Waals surface area (Å²) in [6.07, 6.45) is 2.25. The highest BCUT2D eigenvalue weighted by Crippen LogP contribution is 2.38. The number of hydrogen-bond acceptors (Lipinski definition) is 4. The molecule has 0 aromatic carbocycles. The van der Waals surface area contributed by atoms with E-state index in [4.69, 9.17) is 27.9 Å². The van der Waals surface area contributed by atoms with Crippen molar-refractivity contribution in [1.82, 2.24) is 9.55 Å². The number of halogens is 2. The third kappa shape index (κ3) is 3.86. The lowest BCUT2D eigenvalue weighted by Crippen LogP contribution is -2.22. The fourth-order valence-corrected chi connectivity index (χ4v) is 3.31. The number of carbonyl (C=O) groups is 2. The fourth-order valence-electron chi connectivity index (χ4n) is 2.90. The molecule has 1 fully saturated rings. The first-order chi connectivity index (χ1) is 12.3. The SMILES string of the molecule is Cc1nc(NC(=O)COC(=O)c2cc(C)n(C3CC3)c2C)c(Cl)cc1Cl. The van der Waals surface area contributed by atoms with E-state index in [1.807, 2.05) is 13.8 Å². The first kappa shape index (κ1) is 18.7. The maximum atomic E-state index is 12.3. The number of nitrogens with one attached hydrogen (secondary N) is 1. The number of nitrogens with zero attached hydrogens (tertiary/aromatic N) is 2. The normalized spacial score (nSPS) is 13.6. The lowest BCUT2D eigenvalue weighted by Gasteiger charge is -2.09. The third-order valence-corrected chi connectivity index (χ3v) is 4.98. The van der Waals surface area contributed by atoms with Gasteiger partial charge in [-0.3, -0.25) is 4.79 Å². The molecule has 2 aromatic rings. The van der Waals surface area contributed by atoms with Crippen molar-refractivity contribution in [3.05, 3.63) is 44.8 Å². The third-order valence-electron chi connectivity index (χ3n) is 4.31. The Kier molecular flexibility index (Phi) is 5.25. The van der Waals surface area contributed by atoms with Gasteiger partial charge in [0.1, 0.15) is 0 Å². The molecular weight excluding hydrogens is 377 g/mol. The molecular formula is C18H19Cl2N3O3. The van der Waals surface area contributed by atoms with E-state index in [1.54, 1.807) is 13.0 Å². The molecule has 2 heterocycles. The molecule has 3 rings (SSSR count). The largest absolute Gasteiger partial charge is 0.452 e. The molecule has 8 heteroatoms. The summed E-state index contributed by atoms with van der Waals surface area (Å²) in [6.45, 7) is 5.13. The van der Waals surface area contributed by atoms with Crippen LogP contribution in [0.25, 0.3) is 0 Å². The lowest BCUT2D eigenvalue weighted by molar-refractivity contribution is -0.119. The molecule has 1 aliphatic carbocycles. The van der Waals surface area contributed by atoms with Gasteiger partial charge in [0.2, 0.25) is 0 Å². The van der Waals surface area contributed by atoms with Crippen molar-refractivity contribution in [3.63, 3.8) is 0 Å². The molecule has 0 unspecified atom stereocenters. The number of ether oxygens (including phenoxy) is 1. The van der Waals surface area contributed by atoms with Gasteiger partial charge in [-0.2, -0.15) is 0 Å². The van der Waals surface area contributed by atoms with E-state index in [-0.39, 0.29) is 10.8 Å². The van der Waals surface area contributed by atoms with E-state index in [0.29, 0.717) is 22.3 Å². The zero-order valence-corrected chi connectivity index (χ0v) is 16.2. The Bertz CT molecular complexity index is 888. The van der Waals surface area contributed by atoms with Crippen molar-refractivity contribution in [1.29, 1.82) is 0 Å². The van der Waals surface area contributed by atoms with Crippen LogP contribution in [0.4, 0.5) is 5.82 Å². The molecule has 1 amide bonds. The molecule has 138 valence electrons. The van der Waals surface area contributed by atoms with E-state index in [1.165, 1.54) is 6.07 Å². The van der Waals surface area contributed by atoms with Crippen molar-refractivity contribution in [2.45, 2.75) is 39.7 Å². The lowest BCUT2D eigenvalue weighted by atomic mass is 10.2. The smallest absolute Gasteiger partial charge is 0.340 e. The number of rotatable bonds is 5. The van der Waals surface area contributed by atoms with Gasteiger partial charge in [-0.1, -0.05) is 23.2 Å². The van der Waals surface area contributed by atoms with Crippen molar-refractivity contribution in [2.75, 3.05) is 11.9 Å². The highest BCUT2D eigenvalue weighted by Gasteiger charge is 2.28. The molecule has 1 N–H and O–H groups in total. The zero-order chi connectivity index (χ0) is 19.0. The predicted octanol–water partition coefficient (Wildman–Crippen LogP) is 4.25. The summed E-state index contributed by atoms with van der Waals surface area (Å²) in [5.41, 5.74) is 2.92. The Labute approximate surface area is 161 Å². The van der Waals surface area contributed by atoms with Crippen LogP contribution < -0.4 is 5.32 Å². The summed E-state index contributed by atoms with van der Waals surface area (Å²) in [5, 5.41) is 3.15. The van der Waals surface area contributed by atoms with E-state index >= 15 is 0 Å². The van der Waals surface area contributed by atoms with Gasteiger partial charge in [0.15, 0.2) is 12.4 Å². The van der Waals surface area contributed by atoms with Crippen LogP contribution in [0.15, 0.2) is 12.1 Å². The van der Waals surface area contributed by atoms with Crippen LogP contribution in [-0.2, 0) is 9.53 Å². The molecule has 0 atom stereocenters. The molecule has 6 nitrogen and oxygen atoms in total. The van der Waals surface area contributed by atoms with Gasteiger partial charge < -0.3 is 14.6 Å². The fraction of sp³-hybridized carbons (Fsp3) is 0.389. The molecule has 2 aromatic heterocycles. The number of hydrogen-bond donors (Lipinski definition) is 1. The Morgan fingerprint density at radius 1 is 1.23 bits per heavy atom. The number of aryl methyl sites for hydroxylation is 2. The topological polar surface area (TPSA) is 73.2 Å². The summed E-state index contributed by atoms with van der Waals surface area (Å²) in [5.74, 6) is -0.863. The Morgan fingerprint density at radius 2 is 1.92 bits per heavy atom. The van der Waals surface area contributed by atoms with Gasteiger partial charge in [-0.15, -0.1) is 0 Å². The Balaban J connectivity index is 1.62. The maximum absolute atomic E-state index is 12.3. The van der Waals surface area contributed by atoms with Crippen LogP contribution >= 0.6 is 23.2 Å². The maximum Gasteiger partial charge on any atom is 0.340 e. The average molecular weight is 396 g/mol. The van der Waals surface area contributed by atoms with Crippen LogP contribution in [0.3, 0.4) is 0 Å². The van der Waals surface area contributed by atoms with Gasteiger partial charge in [0.25, 0.3) is 5.91 Å². The molecule has 0 spiro atoms. The van der Waals surface area contributed by atoms with E-state index in [0.717, 1.165) is 24.2 Å². The Hall–Kier alpha value is -2.05. The highest BCUT2D eigenvalue weighted by atomic mass is 35.5. The standard InChI is InChI=1S/C18H19Cl2N3O3/c1-9-6-13(11(3)23(9)12-4-5-12)18(25)26-8-16(24)22-17-15(20)7-14(19)10(2)21-17/h6-7,12H,4-5,8H2,1-3H3,(H,21,22,24). The van der Waals surface area contributed by atoms with Crippen molar-refractivity contribution < 1.29 is 14.3 Å².